The van der Waals surface area contributed by atoms with Crippen LogP contribution in [0.4, 0.5) is 15.8 Å². The molecule has 0 saturated carbocycles. The maximum Gasteiger partial charge on any atom is 0.259 e. The Balaban J connectivity index is 1.55. The van der Waals surface area contributed by atoms with E-state index in [1.54, 1.807) is 36.0 Å². The summed E-state index contributed by atoms with van der Waals surface area (Å²) in [6.07, 6.45) is 3.51. The number of nitrogens with zero attached hydrogens (tertiary/aromatic N) is 4. The fraction of sp³-hybridized carbons (Fsp3) is 0.414. The summed E-state index contributed by atoms with van der Waals surface area (Å²) in [5, 5.41) is 17.3. The third kappa shape index (κ3) is 6.14. The SMILES string of the molecule is Cc1nn(-c2ccc(F)cc2)cc1C(=O)Nc1ccc(N2CCC(C(C)(C)C)CC2O[SiH](C)C)c(C#N)c1. The minimum atomic E-state index is -1.31. The van der Waals surface area contributed by atoms with Crippen LogP contribution in [0.5, 0.6) is 0 Å². The van der Waals surface area contributed by atoms with Crippen molar-refractivity contribution in [2.24, 2.45) is 11.3 Å². The number of hydrogen-bond donors (Lipinski definition) is 1. The molecule has 200 valence electrons. The molecule has 38 heavy (non-hydrogen) atoms. The molecule has 0 spiro atoms. The number of nitriles is 1. The van der Waals surface area contributed by atoms with Crippen LogP contribution >= 0.6 is 0 Å². The monoisotopic (exact) mass is 533 g/mol. The predicted molar refractivity (Wildman–Crippen MR) is 151 cm³/mol. The molecule has 2 heterocycles. The number of amides is 1. The fourth-order valence-corrected chi connectivity index (χ4v) is 5.88. The Morgan fingerprint density at radius 3 is 2.55 bits per heavy atom. The van der Waals surface area contributed by atoms with Crippen LogP contribution in [0.3, 0.4) is 0 Å². The normalized spacial score (nSPS) is 17.9. The Bertz CT molecular complexity index is 1340. The highest BCUT2D eigenvalue weighted by atomic mass is 28.3. The van der Waals surface area contributed by atoms with E-state index in [0.717, 1.165) is 25.1 Å². The zero-order chi connectivity index (χ0) is 27.6. The molecule has 1 amide bonds. The fourth-order valence-electron chi connectivity index (χ4n) is 4.99. The second-order valence-electron chi connectivity index (χ2n) is 11.3. The number of hydrogen-bond acceptors (Lipinski definition) is 5. The lowest BCUT2D eigenvalue weighted by Gasteiger charge is -2.45. The topological polar surface area (TPSA) is 83.2 Å². The van der Waals surface area contributed by atoms with Crippen molar-refractivity contribution < 1.29 is 13.6 Å². The Kier molecular flexibility index (Phi) is 8.04. The number of carbonyl (C=O) groups is 1. The van der Waals surface area contributed by atoms with E-state index in [9.17, 15) is 14.4 Å². The molecule has 2 aromatic carbocycles. The second kappa shape index (κ2) is 11.1. The van der Waals surface area contributed by atoms with E-state index in [4.69, 9.17) is 4.43 Å². The molecule has 1 N–H and O–H groups in total. The van der Waals surface area contributed by atoms with Gasteiger partial charge in [-0.25, -0.2) is 9.07 Å². The summed E-state index contributed by atoms with van der Waals surface area (Å²) in [6, 6.07) is 13.7. The quantitative estimate of drug-likeness (QED) is 0.391. The van der Waals surface area contributed by atoms with Crippen molar-refractivity contribution in [1.29, 1.82) is 5.26 Å². The third-order valence-electron chi connectivity index (χ3n) is 7.13. The van der Waals surface area contributed by atoms with Crippen molar-refractivity contribution >= 4 is 26.3 Å². The van der Waals surface area contributed by atoms with Gasteiger partial charge in [0.1, 0.15) is 18.1 Å². The zero-order valence-corrected chi connectivity index (χ0v) is 24.1. The predicted octanol–water partition coefficient (Wildman–Crippen LogP) is 6.03. The number of carbonyl (C=O) groups excluding carboxylic acids is 1. The Hall–Kier alpha value is -3.48. The van der Waals surface area contributed by atoms with Gasteiger partial charge in [-0.3, -0.25) is 4.79 Å². The van der Waals surface area contributed by atoms with Crippen molar-refractivity contribution in [3.8, 4) is 11.8 Å². The third-order valence-corrected chi connectivity index (χ3v) is 7.98. The molecule has 2 unspecified atom stereocenters. The van der Waals surface area contributed by atoms with Crippen molar-refractivity contribution in [1.82, 2.24) is 9.78 Å². The number of piperidine rings is 1. The summed E-state index contributed by atoms with van der Waals surface area (Å²) in [5.74, 6) is -0.125. The van der Waals surface area contributed by atoms with Gasteiger partial charge in [0.2, 0.25) is 0 Å². The van der Waals surface area contributed by atoms with E-state index < -0.39 is 9.04 Å². The Morgan fingerprint density at radius 1 is 1.21 bits per heavy atom. The van der Waals surface area contributed by atoms with Crippen LogP contribution in [0.2, 0.25) is 13.1 Å². The van der Waals surface area contributed by atoms with E-state index in [2.05, 4.69) is 55.2 Å². The van der Waals surface area contributed by atoms with E-state index in [1.165, 1.54) is 12.1 Å². The minimum absolute atomic E-state index is 0.0628. The standard InChI is InChI=1S/C29H36FN5O2Si/c1-19-25(18-35(33-19)24-10-7-22(30)8-11-24)28(36)32-23-9-12-26(20(15-23)17-31)34-14-13-21(29(2,3)4)16-27(34)37-38(5)6/h7-12,15,18,21,27,38H,13-14,16H2,1-6H3,(H,32,36). The van der Waals surface area contributed by atoms with Crippen LogP contribution < -0.4 is 10.2 Å². The summed E-state index contributed by atoms with van der Waals surface area (Å²) < 4.78 is 21.3. The van der Waals surface area contributed by atoms with E-state index in [-0.39, 0.29) is 23.4 Å². The molecule has 1 aliphatic rings. The molecule has 4 rings (SSSR count). The first-order valence-corrected chi connectivity index (χ1v) is 15.8. The molecule has 1 saturated heterocycles. The lowest BCUT2D eigenvalue weighted by Crippen LogP contribution is -2.48. The van der Waals surface area contributed by atoms with Crippen molar-refractivity contribution in [3.05, 3.63) is 71.3 Å². The van der Waals surface area contributed by atoms with Crippen LogP contribution in [0.1, 0.15) is 55.2 Å². The molecular weight excluding hydrogens is 497 g/mol. The first-order chi connectivity index (χ1) is 18.0. The van der Waals surface area contributed by atoms with Gasteiger partial charge in [-0.1, -0.05) is 20.8 Å². The molecule has 7 nitrogen and oxygen atoms in total. The molecule has 1 aliphatic heterocycles. The molecule has 0 aliphatic carbocycles. The summed E-state index contributed by atoms with van der Waals surface area (Å²) >= 11 is 0. The highest BCUT2D eigenvalue weighted by Crippen LogP contribution is 2.40. The first-order valence-electron chi connectivity index (χ1n) is 13.1. The smallest absolute Gasteiger partial charge is 0.259 e. The Morgan fingerprint density at radius 2 is 1.92 bits per heavy atom. The molecule has 9 heteroatoms. The molecule has 0 bridgehead atoms. The second-order valence-corrected chi connectivity index (χ2v) is 13.6. The Labute approximate surface area is 226 Å². The van der Waals surface area contributed by atoms with E-state index in [0.29, 0.717) is 34.1 Å². The van der Waals surface area contributed by atoms with Crippen molar-refractivity contribution in [2.75, 3.05) is 16.8 Å². The van der Waals surface area contributed by atoms with Gasteiger partial charge in [-0.15, -0.1) is 0 Å². The summed E-state index contributed by atoms with van der Waals surface area (Å²) in [7, 11) is -1.31. The lowest BCUT2D eigenvalue weighted by molar-refractivity contribution is 0.0850. The van der Waals surface area contributed by atoms with Crippen LogP contribution in [0.15, 0.2) is 48.7 Å². The van der Waals surface area contributed by atoms with Crippen molar-refractivity contribution in [3.63, 3.8) is 0 Å². The van der Waals surface area contributed by atoms with Gasteiger partial charge in [0, 0.05) is 18.4 Å². The van der Waals surface area contributed by atoms with Crippen LogP contribution in [0.25, 0.3) is 5.69 Å². The van der Waals surface area contributed by atoms with E-state index in [1.807, 2.05) is 12.1 Å². The minimum Gasteiger partial charge on any atom is -0.401 e. The summed E-state index contributed by atoms with van der Waals surface area (Å²) in [5.41, 5.74) is 3.65. The molecule has 3 aromatic rings. The molecule has 0 radical (unpaired) electrons. The number of halogens is 1. The average Bonchev–Trinajstić information content (AvgIpc) is 3.25. The lowest BCUT2D eigenvalue weighted by atomic mass is 9.74. The van der Waals surface area contributed by atoms with Gasteiger partial charge in [0.05, 0.1) is 28.2 Å². The number of benzene rings is 2. The number of anilines is 2. The highest BCUT2D eigenvalue weighted by molar-refractivity contribution is 6.48. The largest absolute Gasteiger partial charge is 0.401 e. The number of aryl methyl sites for hydroxylation is 1. The van der Waals surface area contributed by atoms with Gasteiger partial charge in [0.25, 0.3) is 5.91 Å². The van der Waals surface area contributed by atoms with Gasteiger partial charge in [-0.2, -0.15) is 10.4 Å². The van der Waals surface area contributed by atoms with Gasteiger partial charge >= 0.3 is 0 Å². The molecular formula is C29H36FN5O2Si. The highest BCUT2D eigenvalue weighted by Gasteiger charge is 2.36. The van der Waals surface area contributed by atoms with E-state index >= 15 is 0 Å². The maximum atomic E-state index is 13.3. The van der Waals surface area contributed by atoms with Crippen LogP contribution in [0, 0.1) is 35.4 Å². The molecule has 2 atom stereocenters. The van der Waals surface area contributed by atoms with Crippen LogP contribution in [-0.4, -0.2) is 37.5 Å². The average molecular weight is 534 g/mol. The van der Waals surface area contributed by atoms with Gasteiger partial charge in [0.15, 0.2) is 9.04 Å². The number of rotatable bonds is 6. The maximum absolute atomic E-state index is 13.3. The number of nitrogens with one attached hydrogen (secondary N) is 1. The molecule has 1 aromatic heterocycles. The van der Waals surface area contributed by atoms with Gasteiger partial charge in [-0.05, 0) is 86.7 Å². The van der Waals surface area contributed by atoms with Gasteiger partial charge < -0.3 is 14.6 Å². The first kappa shape index (κ1) is 27.5. The van der Waals surface area contributed by atoms with Crippen molar-refractivity contribution in [2.45, 2.75) is 59.9 Å². The summed E-state index contributed by atoms with van der Waals surface area (Å²) in [6.45, 7) is 13.7. The number of aromatic nitrogens is 2. The molecule has 1 fully saturated rings. The summed E-state index contributed by atoms with van der Waals surface area (Å²) in [4.78, 5) is 15.3. The van der Waals surface area contributed by atoms with Crippen LogP contribution in [-0.2, 0) is 4.43 Å². The zero-order valence-electron chi connectivity index (χ0n) is 23.0.